The highest BCUT2D eigenvalue weighted by Gasteiger charge is 2.40. The topological polar surface area (TPSA) is 29.5 Å². The zero-order chi connectivity index (χ0) is 15.4. The molecule has 0 saturated carbocycles. The lowest BCUT2D eigenvalue weighted by atomic mass is 10.1. The molecule has 20 heavy (non-hydrogen) atoms. The Morgan fingerprint density at radius 2 is 1.75 bits per heavy atom. The first-order valence-electron chi connectivity index (χ1n) is 6.87. The zero-order valence-electron chi connectivity index (χ0n) is 12.9. The smallest absolute Gasteiger partial charge is 0.193 e. The van der Waals surface area contributed by atoms with Crippen LogP contribution in [0.25, 0.3) is 0 Å². The summed E-state index contributed by atoms with van der Waals surface area (Å²) in [7, 11) is -1.97. The molecule has 0 unspecified atom stereocenters. The van der Waals surface area contributed by atoms with Crippen molar-refractivity contribution in [2.24, 2.45) is 0 Å². The Bertz CT molecular complexity index is 438. The van der Waals surface area contributed by atoms with Gasteiger partial charge in [0.1, 0.15) is 6.10 Å². The Kier molecular flexibility index (Phi) is 6.01. The van der Waals surface area contributed by atoms with Crippen LogP contribution < -0.4 is 0 Å². The molecule has 1 rings (SSSR count). The summed E-state index contributed by atoms with van der Waals surface area (Å²) in [6, 6.07) is 9.54. The van der Waals surface area contributed by atoms with Crippen molar-refractivity contribution in [3.63, 3.8) is 0 Å². The minimum atomic E-state index is -1.97. The summed E-state index contributed by atoms with van der Waals surface area (Å²) in [6.45, 7) is 10.9. The van der Waals surface area contributed by atoms with E-state index in [0.717, 1.165) is 5.56 Å². The lowest BCUT2D eigenvalue weighted by Crippen LogP contribution is -2.44. The lowest BCUT2D eigenvalue weighted by molar-refractivity contribution is 0.0551. The predicted octanol–water partition coefficient (Wildman–Crippen LogP) is 4.86. The van der Waals surface area contributed by atoms with E-state index in [4.69, 9.17) is 16.0 Å². The minimum Gasteiger partial charge on any atom is -0.407 e. The van der Waals surface area contributed by atoms with Crippen LogP contribution in [0.15, 0.2) is 41.9 Å². The maximum absolute atomic E-state index is 10.5. The molecule has 0 radical (unpaired) electrons. The Morgan fingerprint density at radius 1 is 1.20 bits per heavy atom. The van der Waals surface area contributed by atoms with Gasteiger partial charge in [0, 0.05) is 5.54 Å². The molecule has 4 heteroatoms. The fourth-order valence-corrected chi connectivity index (χ4v) is 3.02. The van der Waals surface area contributed by atoms with Crippen LogP contribution in [-0.2, 0) is 4.43 Å². The van der Waals surface area contributed by atoms with Crippen LogP contribution in [0.1, 0.15) is 32.4 Å². The van der Waals surface area contributed by atoms with E-state index >= 15 is 0 Å². The van der Waals surface area contributed by atoms with Crippen molar-refractivity contribution in [2.75, 3.05) is 0 Å². The number of aliphatic hydroxyl groups is 1. The number of benzene rings is 1. The third-order valence-corrected chi connectivity index (χ3v) is 8.57. The minimum absolute atomic E-state index is 0.0851. The molecule has 1 aromatic carbocycles. The Labute approximate surface area is 128 Å². The standard InChI is InChI=1S/C16H25ClO2Si/c1-16(2,3)20(4,5)19-14(11-12-17)15(18)13-9-7-6-8-10-13/h6-12,14-15,18H,1-5H3/b12-11+/t14-,15-/m1/s1. The van der Waals surface area contributed by atoms with Crippen LogP contribution in [0.5, 0.6) is 0 Å². The number of rotatable bonds is 5. The van der Waals surface area contributed by atoms with Gasteiger partial charge in [0.15, 0.2) is 8.32 Å². The summed E-state index contributed by atoms with van der Waals surface area (Å²) >= 11 is 5.71. The number of hydrogen-bond donors (Lipinski definition) is 1. The van der Waals surface area contributed by atoms with E-state index in [-0.39, 0.29) is 5.04 Å². The van der Waals surface area contributed by atoms with Gasteiger partial charge in [0.2, 0.25) is 0 Å². The van der Waals surface area contributed by atoms with Crippen LogP contribution in [0.4, 0.5) is 0 Å². The Morgan fingerprint density at radius 3 is 2.20 bits per heavy atom. The highest BCUT2D eigenvalue weighted by molar-refractivity contribution is 6.74. The maximum Gasteiger partial charge on any atom is 0.193 e. The molecule has 0 aliphatic carbocycles. The second-order valence-electron chi connectivity index (χ2n) is 6.52. The first kappa shape index (κ1) is 17.4. The fourth-order valence-electron chi connectivity index (χ4n) is 1.64. The molecule has 0 amide bonds. The third-order valence-electron chi connectivity index (χ3n) is 3.95. The lowest BCUT2D eigenvalue weighted by Gasteiger charge is -2.39. The van der Waals surface area contributed by atoms with Gasteiger partial charge in [-0.15, -0.1) is 0 Å². The molecular weight excluding hydrogens is 288 g/mol. The highest BCUT2D eigenvalue weighted by Crippen LogP contribution is 2.39. The summed E-state index contributed by atoms with van der Waals surface area (Å²) in [5.41, 5.74) is 2.26. The van der Waals surface area contributed by atoms with E-state index in [1.54, 1.807) is 6.08 Å². The Hall–Kier alpha value is -0.613. The van der Waals surface area contributed by atoms with Crippen molar-refractivity contribution in [3.8, 4) is 0 Å². The molecular formula is C16H25ClO2Si. The van der Waals surface area contributed by atoms with Crippen molar-refractivity contribution < 1.29 is 9.53 Å². The van der Waals surface area contributed by atoms with E-state index in [9.17, 15) is 5.11 Å². The second-order valence-corrected chi connectivity index (χ2v) is 11.5. The van der Waals surface area contributed by atoms with E-state index < -0.39 is 20.5 Å². The van der Waals surface area contributed by atoms with Gasteiger partial charge in [0.25, 0.3) is 0 Å². The first-order valence-corrected chi connectivity index (χ1v) is 10.2. The maximum atomic E-state index is 10.5. The van der Waals surface area contributed by atoms with Crippen molar-refractivity contribution in [1.29, 1.82) is 0 Å². The van der Waals surface area contributed by atoms with Crippen molar-refractivity contribution >= 4 is 19.9 Å². The van der Waals surface area contributed by atoms with E-state index in [1.807, 2.05) is 30.3 Å². The van der Waals surface area contributed by atoms with Gasteiger partial charge in [0.05, 0.1) is 6.10 Å². The number of hydrogen-bond acceptors (Lipinski definition) is 2. The normalized spacial score (nSPS) is 16.4. The molecule has 0 fully saturated rings. The third kappa shape index (κ3) is 4.45. The van der Waals surface area contributed by atoms with Gasteiger partial charge in [-0.3, -0.25) is 0 Å². The fraction of sp³-hybridized carbons (Fsp3) is 0.500. The first-order chi connectivity index (χ1) is 9.19. The van der Waals surface area contributed by atoms with Crippen LogP contribution in [0.3, 0.4) is 0 Å². The van der Waals surface area contributed by atoms with E-state index in [2.05, 4.69) is 33.9 Å². The molecule has 0 aliphatic heterocycles. The molecule has 112 valence electrons. The van der Waals surface area contributed by atoms with Gasteiger partial charge in [-0.25, -0.2) is 0 Å². The van der Waals surface area contributed by atoms with E-state index in [0.29, 0.717) is 0 Å². The molecule has 1 N–H and O–H groups in total. The van der Waals surface area contributed by atoms with Gasteiger partial charge >= 0.3 is 0 Å². The SMILES string of the molecule is CC(C)(C)[Si](C)(C)O[C@H](/C=C/Cl)[C@H](O)c1ccccc1. The molecule has 0 aliphatic rings. The zero-order valence-corrected chi connectivity index (χ0v) is 14.7. The largest absolute Gasteiger partial charge is 0.407 e. The molecule has 0 saturated heterocycles. The molecule has 0 spiro atoms. The van der Waals surface area contributed by atoms with Gasteiger partial charge in [-0.2, -0.15) is 0 Å². The highest BCUT2D eigenvalue weighted by atomic mass is 35.5. The molecule has 1 aromatic rings. The van der Waals surface area contributed by atoms with Crippen LogP contribution >= 0.6 is 11.6 Å². The molecule has 0 bridgehead atoms. The molecule has 0 aromatic heterocycles. The van der Waals surface area contributed by atoms with Crippen LogP contribution in [0.2, 0.25) is 18.1 Å². The summed E-state index contributed by atoms with van der Waals surface area (Å²) in [6.07, 6.45) is 0.593. The molecule has 0 heterocycles. The summed E-state index contributed by atoms with van der Waals surface area (Å²) in [4.78, 5) is 0. The second kappa shape index (κ2) is 6.90. The predicted molar refractivity (Wildman–Crippen MR) is 88.5 cm³/mol. The average molecular weight is 313 g/mol. The van der Waals surface area contributed by atoms with Gasteiger partial charge < -0.3 is 9.53 Å². The Balaban J connectivity index is 2.96. The summed E-state index contributed by atoms with van der Waals surface area (Å²) in [5.74, 6) is 0. The molecule has 2 atom stereocenters. The van der Waals surface area contributed by atoms with Crippen molar-refractivity contribution in [1.82, 2.24) is 0 Å². The van der Waals surface area contributed by atoms with Crippen LogP contribution in [-0.4, -0.2) is 19.5 Å². The summed E-state index contributed by atoms with van der Waals surface area (Å²) < 4.78 is 6.28. The monoisotopic (exact) mass is 312 g/mol. The van der Waals surface area contributed by atoms with Crippen molar-refractivity contribution in [3.05, 3.63) is 47.5 Å². The average Bonchev–Trinajstić information content (AvgIpc) is 2.37. The van der Waals surface area contributed by atoms with E-state index in [1.165, 1.54) is 5.54 Å². The van der Waals surface area contributed by atoms with Gasteiger partial charge in [-0.1, -0.05) is 62.7 Å². The van der Waals surface area contributed by atoms with Crippen molar-refractivity contribution in [2.45, 2.75) is 51.1 Å². The van der Waals surface area contributed by atoms with Gasteiger partial charge in [-0.05, 0) is 29.8 Å². The quantitative estimate of drug-likeness (QED) is 0.786. The summed E-state index contributed by atoms with van der Waals surface area (Å²) in [5, 5.41) is 10.6. The van der Waals surface area contributed by atoms with Crippen LogP contribution in [0, 0.1) is 0 Å². The number of halogens is 1. The number of aliphatic hydroxyl groups excluding tert-OH is 1. The molecule has 2 nitrogen and oxygen atoms in total.